The van der Waals surface area contributed by atoms with Crippen molar-refractivity contribution in [2.24, 2.45) is 17.6 Å². The van der Waals surface area contributed by atoms with E-state index in [1.54, 1.807) is 7.11 Å². The maximum Gasteiger partial charge on any atom is 0.308 e. The number of hydrogen-bond acceptors (Lipinski definition) is 5. The molecule has 0 radical (unpaired) electrons. The van der Waals surface area contributed by atoms with Crippen LogP contribution in [0.4, 0.5) is 0 Å². The van der Waals surface area contributed by atoms with E-state index in [9.17, 15) is 9.59 Å². The molecule has 0 saturated heterocycles. The van der Waals surface area contributed by atoms with Crippen LogP contribution >= 0.6 is 0 Å². The number of esters is 1. The van der Waals surface area contributed by atoms with Crippen LogP contribution in [0.15, 0.2) is 18.2 Å². The Bertz CT molecular complexity index is 830. The predicted molar refractivity (Wildman–Crippen MR) is 135 cm³/mol. The Balaban J connectivity index is 1.79. The molecule has 1 fully saturated rings. The highest BCUT2D eigenvalue weighted by Gasteiger charge is 2.46. The Morgan fingerprint density at radius 1 is 1.15 bits per heavy atom. The van der Waals surface area contributed by atoms with Crippen LogP contribution in [0.1, 0.15) is 93.1 Å². The minimum Gasteiger partial charge on any atom is -0.469 e. The summed E-state index contributed by atoms with van der Waals surface area (Å²) in [6.45, 7) is 5.14. The molecule has 1 amide bonds. The van der Waals surface area contributed by atoms with Crippen LogP contribution in [0.25, 0.3) is 0 Å². The average Bonchev–Trinajstić information content (AvgIpc) is 2.87. The SMILES string of the molecule is CCC1(CC)c2cc(C(N)=O)ccc2CC(OC)[C@H]1NCC[C@@H](CC1CCCCC1)C(=O)OC. The molecule has 0 aromatic heterocycles. The van der Waals surface area contributed by atoms with Gasteiger partial charge in [-0.15, -0.1) is 0 Å². The lowest BCUT2D eigenvalue weighted by Gasteiger charge is -2.49. The first-order valence-electron chi connectivity index (χ1n) is 13.2. The quantitative estimate of drug-likeness (QED) is 0.462. The minimum absolute atomic E-state index is 0.0155. The Hall–Kier alpha value is -1.92. The van der Waals surface area contributed by atoms with E-state index in [4.69, 9.17) is 15.2 Å². The molecule has 1 aromatic rings. The number of fused-ring (bicyclic) bond motifs is 1. The zero-order valence-corrected chi connectivity index (χ0v) is 21.5. The van der Waals surface area contributed by atoms with Crippen molar-refractivity contribution in [1.29, 1.82) is 0 Å². The van der Waals surface area contributed by atoms with Crippen LogP contribution in [0.3, 0.4) is 0 Å². The second-order valence-corrected chi connectivity index (χ2v) is 10.3. The number of methoxy groups -OCH3 is 2. The summed E-state index contributed by atoms with van der Waals surface area (Å²) in [6, 6.07) is 5.93. The van der Waals surface area contributed by atoms with Crippen LogP contribution in [-0.4, -0.2) is 44.8 Å². The summed E-state index contributed by atoms with van der Waals surface area (Å²) in [6.07, 6.45) is 10.6. The molecule has 0 heterocycles. The van der Waals surface area contributed by atoms with Gasteiger partial charge in [0.15, 0.2) is 0 Å². The van der Waals surface area contributed by atoms with Crippen molar-refractivity contribution < 1.29 is 19.1 Å². The van der Waals surface area contributed by atoms with Crippen molar-refractivity contribution in [3.8, 4) is 0 Å². The number of rotatable bonds is 11. The van der Waals surface area contributed by atoms with E-state index in [1.807, 2.05) is 18.2 Å². The lowest BCUT2D eigenvalue weighted by Crippen LogP contribution is -2.59. The molecule has 1 saturated carbocycles. The number of nitrogens with two attached hydrogens (primary N) is 1. The van der Waals surface area contributed by atoms with Gasteiger partial charge in [-0.1, -0.05) is 52.0 Å². The number of carbonyl (C=O) groups excluding carboxylic acids is 2. The molecule has 2 aliphatic carbocycles. The third-order valence-electron chi connectivity index (χ3n) is 8.62. The van der Waals surface area contributed by atoms with Crippen LogP contribution in [-0.2, 0) is 26.1 Å². The first-order chi connectivity index (χ1) is 16.4. The third kappa shape index (κ3) is 5.65. The lowest BCUT2D eigenvalue weighted by atomic mass is 9.62. The zero-order chi connectivity index (χ0) is 24.7. The maximum atomic E-state index is 12.6. The highest BCUT2D eigenvalue weighted by atomic mass is 16.5. The second-order valence-electron chi connectivity index (χ2n) is 10.3. The van der Waals surface area contributed by atoms with Crippen molar-refractivity contribution in [1.82, 2.24) is 5.32 Å². The van der Waals surface area contributed by atoms with Crippen molar-refractivity contribution in [3.05, 3.63) is 34.9 Å². The second kappa shape index (κ2) is 12.2. The van der Waals surface area contributed by atoms with Crippen LogP contribution in [0.5, 0.6) is 0 Å². The first-order valence-corrected chi connectivity index (χ1v) is 13.2. The standard InChI is InChI=1S/C28H44N2O4/c1-5-28(6-2)23-17-21(26(29)31)13-12-20(23)18-24(33-3)25(28)30-15-14-22(27(32)34-4)16-19-10-8-7-9-11-19/h12-13,17,19,22,24-25,30H,5-11,14-16,18H2,1-4H3,(H2,29,31)/t22-,24?,25+/m0/s1. The summed E-state index contributed by atoms with van der Waals surface area (Å²) in [4.78, 5) is 24.5. The van der Waals surface area contributed by atoms with Crippen LogP contribution < -0.4 is 11.1 Å². The van der Waals surface area contributed by atoms with Gasteiger partial charge in [0.1, 0.15) is 0 Å². The number of nitrogens with one attached hydrogen (secondary N) is 1. The van der Waals surface area contributed by atoms with Gasteiger partial charge < -0.3 is 20.5 Å². The Kier molecular flexibility index (Phi) is 9.55. The molecule has 0 bridgehead atoms. The van der Waals surface area contributed by atoms with Crippen molar-refractivity contribution >= 4 is 11.9 Å². The molecule has 2 aliphatic rings. The van der Waals surface area contributed by atoms with E-state index in [2.05, 4.69) is 19.2 Å². The van der Waals surface area contributed by atoms with Crippen LogP contribution in [0.2, 0.25) is 0 Å². The van der Waals surface area contributed by atoms with Gasteiger partial charge in [-0.05, 0) is 61.4 Å². The number of amides is 1. The van der Waals surface area contributed by atoms with E-state index in [0.29, 0.717) is 11.5 Å². The monoisotopic (exact) mass is 472 g/mol. The molecule has 3 N–H and O–H groups in total. The lowest BCUT2D eigenvalue weighted by molar-refractivity contribution is -0.146. The summed E-state index contributed by atoms with van der Waals surface area (Å²) >= 11 is 0. The normalized spacial score (nSPS) is 23.2. The Labute approximate surface area is 205 Å². The summed E-state index contributed by atoms with van der Waals surface area (Å²) in [7, 11) is 3.27. The van der Waals surface area contributed by atoms with Crippen molar-refractivity contribution in [2.75, 3.05) is 20.8 Å². The molecule has 6 heteroatoms. The van der Waals surface area contributed by atoms with Gasteiger partial charge in [0.05, 0.1) is 19.1 Å². The van der Waals surface area contributed by atoms with Gasteiger partial charge in [0.25, 0.3) is 0 Å². The number of benzene rings is 1. The van der Waals surface area contributed by atoms with Gasteiger partial charge in [-0.2, -0.15) is 0 Å². The Morgan fingerprint density at radius 3 is 2.44 bits per heavy atom. The number of carbonyl (C=O) groups is 2. The fourth-order valence-electron chi connectivity index (χ4n) is 6.58. The molecule has 3 rings (SSSR count). The fourth-order valence-corrected chi connectivity index (χ4v) is 6.58. The van der Waals surface area contributed by atoms with Gasteiger partial charge in [-0.3, -0.25) is 9.59 Å². The van der Waals surface area contributed by atoms with Crippen molar-refractivity contribution in [3.63, 3.8) is 0 Å². The molecular weight excluding hydrogens is 428 g/mol. The molecule has 6 nitrogen and oxygen atoms in total. The fraction of sp³-hybridized carbons (Fsp3) is 0.714. The molecule has 3 atom stereocenters. The van der Waals surface area contributed by atoms with Crippen molar-refractivity contribution in [2.45, 2.75) is 95.6 Å². The van der Waals surface area contributed by atoms with Gasteiger partial charge in [-0.25, -0.2) is 0 Å². The summed E-state index contributed by atoms with van der Waals surface area (Å²) in [5.41, 5.74) is 8.42. The zero-order valence-electron chi connectivity index (χ0n) is 21.5. The first kappa shape index (κ1) is 26.7. The smallest absolute Gasteiger partial charge is 0.308 e. The van der Waals surface area contributed by atoms with E-state index in [-0.39, 0.29) is 29.4 Å². The summed E-state index contributed by atoms with van der Waals surface area (Å²) in [5.74, 6) is 0.0687. The minimum atomic E-state index is -0.397. The molecule has 34 heavy (non-hydrogen) atoms. The molecule has 1 unspecified atom stereocenters. The molecule has 0 aliphatic heterocycles. The van der Waals surface area contributed by atoms with Crippen LogP contribution in [0, 0.1) is 11.8 Å². The van der Waals surface area contributed by atoms with E-state index < -0.39 is 5.91 Å². The summed E-state index contributed by atoms with van der Waals surface area (Å²) in [5, 5.41) is 3.80. The van der Waals surface area contributed by atoms with Gasteiger partial charge in [0.2, 0.25) is 5.91 Å². The molecule has 1 aromatic carbocycles. The highest BCUT2D eigenvalue weighted by molar-refractivity contribution is 5.93. The third-order valence-corrected chi connectivity index (χ3v) is 8.62. The van der Waals surface area contributed by atoms with E-state index >= 15 is 0 Å². The number of ether oxygens (including phenoxy) is 2. The molecule has 190 valence electrons. The largest absolute Gasteiger partial charge is 0.469 e. The van der Waals surface area contributed by atoms with E-state index in [1.165, 1.54) is 50.3 Å². The number of primary amides is 1. The Morgan fingerprint density at radius 2 is 1.85 bits per heavy atom. The number of hydrogen-bond donors (Lipinski definition) is 2. The maximum absolute atomic E-state index is 12.6. The average molecular weight is 473 g/mol. The van der Waals surface area contributed by atoms with Gasteiger partial charge in [0, 0.05) is 30.6 Å². The predicted octanol–water partition coefficient (Wildman–Crippen LogP) is 4.52. The molecule has 0 spiro atoms. The molecular formula is C28H44N2O4. The van der Waals surface area contributed by atoms with Gasteiger partial charge >= 0.3 is 5.97 Å². The van der Waals surface area contributed by atoms with E-state index in [0.717, 1.165) is 38.6 Å². The topological polar surface area (TPSA) is 90.7 Å². The summed E-state index contributed by atoms with van der Waals surface area (Å²) < 4.78 is 11.2. The highest BCUT2D eigenvalue weighted by Crippen LogP contribution is 2.44.